The summed E-state index contributed by atoms with van der Waals surface area (Å²) in [5.74, 6) is 0. The summed E-state index contributed by atoms with van der Waals surface area (Å²) in [7, 11) is 0. The van der Waals surface area contributed by atoms with Gasteiger partial charge in [0.1, 0.15) is 0 Å². The van der Waals surface area contributed by atoms with E-state index in [1.54, 1.807) is 0 Å². The molecule has 0 saturated carbocycles. The van der Waals surface area contributed by atoms with Crippen molar-refractivity contribution in [3.05, 3.63) is 0 Å². The monoisotopic (exact) mass is 271 g/mol. The lowest BCUT2D eigenvalue weighted by molar-refractivity contribution is 0.129. The minimum absolute atomic E-state index is 0.0249. The molecule has 3 N–H and O–H groups in total. The smallest absolute Gasteiger partial charge is 0.0691 e. The maximum Gasteiger partial charge on any atom is 0.0691 e. The summed E-state index contributed by atoms with van der Waals surface area (Å²) in [6.07, 6.45) is 16.4. The lowest BCUT2D eigenvalue weighted by atomic mass is 10.0. The highest BCUT2D eigenvalue weighted by Gasteiger charge is 2.11. The number of hydrogen-bond acceptors (Lipinski definition) is 2. The Hall–Kier alpha value is -0.0800. The van der Waals surface area contributed by atoms with Gasteiger partial charge < -0.3 is 10.8 Å². The number of aliphatic hydroxyl groups is 1. The third kappa shape index (κ3) is 12.7. The van der Waals surface area contributed by atoms with Crippen LogP contribution in [-0.2, 0) is 0 Å². The van der Waals surface area contributed by atoms with Gasteiger partial charge in [0, 0.05) is 6.04 Å². The van der Waals surface area contributed by atoms with E-state index >= 15 is 0 Å². The first-order valence-corrected chi connectivity index (χ1v) is 8.66. The van der Waals surface area contributed by atoms with E-state index in [0.29, 0.717) is 0 Å². The van der Waals surface area contributed by atoms with Gasteiger partial charge >= 0.3 is 0 Å². The van der Waals surface area contributed by atoms with Crippen LogP contribution in [0.3, 0.4) is 0 Å². The second kappa shape index (κ2) is 14.3. The van der Waals surface area contributed by atoms with Crippen LogP contribution < -0.4 is 5.73 Å². The molecule has 0 rings (SSSR count). The number of rotatable bonds is 14. The van der Waals surface area contributed by atoms with E-state index < -0.39 is 0 Å². The highest BCUT2D eigenvalue weighted by molar-refractivity contribution is 4.69. The molecule has 0 aromatic heterocycles. The van der Waals surface area contributed by atoms with Gasteiger partial charge in [0.2, 0.25) is 0 Å². The summed E-state index contributed by atoms with van der Waals surface area (Å²) in [5.41, 5.74) is 5.80. The lowest BCUT2D eigenvalue weighted by Gasteiger charge is -2.16. The molecule has 0 bridgehead atoms. The van der Waals surface area contributed by atoms with Gasteiger partial charge in [-0.1, -0.05) is 84.5 Å². The Labute approximate surface area is 121 Å². The van der Waals surface area contributed by atoms with Crippen molar-refractivity contribution in [1.29, 1.82) is 0 Å². The fourth-order valence-electron chi connectivity index (χ4n) is 2.50. The van der Waals surface area contributed by atoms with E-state index in [4.69, 9.17) is 5.73 Å². The highest BCUT2D eigenvalue weighted by Crippen LogP contribution is 2.13. The summed E-state index contributed by atoms with van der Waals surface area (Å²) in [6.45, 7) is 4.30. The van der Waals surface area contributed by atoms with E-state index in [9.17, 15) is 5.11 Å². The third-order valence-electron chi connectivity index (χ3n) is 4.07. The van der Waals surface area contributed by atoms with Crippen LogP contribution in [0.5, 0.6) is 0 Å². The largest absolute Gasteiger partial charge is 0.392 e. The van der Waals surface area contributed by atoms with Gasteiger partial charge in [-0.3, -0.25) is 0 Å². The van der Waals surface area contributed by atoms with Crippen LogP contribution in [0.2, 0.25) is 0 Å². The first kappa shape index (κ1) is 18.9. The molecule has 0 unspecified atom stereocenters. The van der Waals surface area contributed by atoms with Crippen LogP contribution in [0, 0.1) is 0 Å². The van der Waals surface area contributed by atoms with Crippen LogP contribution in [-0.4, -0.2) is 17.3 Å². The summed E-state index contributed by atoms with van der Waals surface area (Å²) in [4.78, 5) is 0. The van der Waals surface area contributed by atoms with Gasteiger partial charge in [-0.25, -0.2) is 0 Å². The van der Waals surface area contributed by atoms with Crippen molar-refractivity contribution in [2.75, 3.05) is 0 Å². The van der Waals surface area contributed by atoms with Gasteiger partial charge in [0.15, 0.2) is 0 Å². The maximum atomic E-state index is 9.74. The molecular weight excluding hydrogens is 234 g/mol. The molecule has 19 heavy (non-hydrogen) atoms. The summed E-state index contributed by atoms with van der Waals surface area (Å²) in [5, 5.41) is 9.74. The molecule has 0 heterocycles. The predicted molar refractivity (Wildman–Crippen MR) is 85.4 cm³/mol. The fraction of sp³-hybridized carbons (Fsp3) is 1.00. The maximum absolute atomic E-state index is 9.74. The number of nitrogens with two attached hydrogens (primary N) is 1. The molecule has 0 radical (unpaired) electrons. The van der Waals surface area contributed by atoms with Crippen molar-refractivity contribution in [1.82, 2.24) is 0 Å². The molecular formula is C17H37NO. The first-order chi connectivity index (χ1) is 9.22. The number of aliphatic hydroxyl groups excluding tert-OH is 1. The summed E-state index contributed by atoms with van der Waals surface area (Å²) >= 11 is 0. The molecule has 0 aromatic carbocycles. The van der Waals surface area contributed by atoms with Crippen LogP contribution in [0.4, 0.5) is 0 Å². The molecule has 2 nitrogen and oxygen atoms in total. The van der Waals surface area contributed by atoms with Crippen molar-refractivity contribution in [2.24, 2.45) is 5.73 Å². The van der Waals surface area contributed by atoms with Crippen molar-refractivity contribution < 1.29 is 5.11 Å². The predicted octanol–water partition coefficient (Wildman–Crippen LogP) is 4.79. The zero-order valence-corrected chi connectivity index (χ0v) is 13.4. The van der Waals surface area contributed by atoms with Crippen LogP contribution in [0.1, 0.15) is 97.3 Å². The molecule has 0 aliphatic heterocycles. The van der Waals surface area contributed by atoms with E-state index in [2.05, 4.69) is 6.92 Å². The van der Waals surface area contributed by atoms with Gasteiger partial charge in [0.25, 0.3) is 0 Å². The van der Waals surface area contributed by atoms with Crippen LogP contribution >= 0.6 is 0 Å². The minimum Gasteiger partial charge on any atom is -0.392 e. The van der Waals surface area contributed by atoms with E-state index in [-0.39, 0.29) is 12.1 Å². The number of hydrogen-bond donors (Lipinski definition) is 2. The van der Waals surface area contributed by atoms with E-state index in [1.807, 2.05) is 6.92 Å². The standard InChI is InChI=1S/C17H37NO/c1-3-5-6-7-8-9-10-11-12-13-14-15-17(19)16(18)4-2/h16-17,19H,3-15,18H2,1-2H3/t16-,17+/m0/s1. The van der Waals surface area contributed by atoms with Crippen molar-refractivity contribution in [3.8, 4) is 0 Å². The quantitative estimate of drug-likeness (QED) is 0.446. The second-order valence-corrected chi connectivity index (χ2v) is 5.96. The van der Waals surface area contributed by atoms with Crippen LogP contribution in [0.15, 0.2) is 0 Å². The average molecular weight is 271 g/mol. The fourth-order valence-corrected chi connectivity index (χ4v) is 2.50. The highest BCUT2D eigenvalue weighted by atomic mass is 16.3. The van der Waals surface area contributed by atoms with Crippen LogP contribution in [0.25, 0.3) is 0 Å². The van der Waals surface area contributed by atoms with Crippen molar-refractivity contribution in [2.45, 2.75) is 109 Å². The molecule has 2 heteroatoms. The van der Waals surface area contributed by atoms with Crippen molar-refractivity contribution in [3.63, 3.8) is 0 Å². The zero-order chi connectivity index (χ0) is 14.3. The Kier molecular flexibility index (Phi) is 14.3. The Morgan fingerprint density at radius 2 is 1.16 bits per heavy atom. The Balaban J connectivity index is 3.10. The topological polar surface area (TPSA) is 46.2 Å². The summed E-state index contributed by atoms with van der Waals surface area (Å²) < 4.78 is 0. The Bertz CT molecular complexity index is 173. The zero-order valence-electron chi connectivity index (χ0n) is 13.4. The minimum atomic E-state index is -0.288. The third-order valence-corrected chi connectivity index (χ3v) is 4.07. The Morgan fingerprint density at radius 1 is 0.737 bits per heavy atom. The Morgan fingerprint density at radius 3 is 1.58 bits per heavy atom. The van der Waals surface area contributed by atoms with Gasteiger partial charge in [-0.15, -0.1) is 0 Å². The SMILES string of the molecule is CCCCCCCCCCCCC[C@@H](O)[C@@H](N)CC. The van der Waals surface area contributed by atoms with E-state index in [1.165, 1.54) is 64.2 Å². The van der Waals surface area contributed by atoms with Crippen molar-refractivity contribution >= 4 is 0 Å². The van der Waals surface area contributed by atoms with Gasteiger partial charge in [0.05, 0.1) is 6.10 Å². The molecule has 0 aliphatic rings. The summed E-state index contributed by atoms with van der Waals surface area (Å²) in [6, 6.07) is -0.0249. The lowest BCUT2D eigenvalue weighted by Crippen LogP contribution is -2.33. The first-order valence-electron chi connectivity index (χ1n) is 8.66. The second-order valence-electron chi connectivity index (χ2n) is 5.96. The molecule has 0 aromatic rings. The molecule has 0 amide bonds. The number of unbranched alkanes of at least 4 members (excludes halogenated alkanes) is 10. The average Bonchev–Trinajstić information content (AvgIpc) is 2.43. The van der Waals surface area contributed by atoms with Gasteiger partial charge in [-0.2, -0.15) is 0 Å². The molecule has 0 fully saturated rings. The normalized spacial score (nSPS) is 14.5. The molecule has 2 atom stereocenters. The molecule has 0 aliphatic carbocycles. The van der Waals surface area contributed by atoms with E-state index in [0.717, 1.165) is 19.3 Å². The van der Waals surface area contributed by atoms with Gasteiger partial charge in [-0.05, 0) is 12.8 Å². The molecule has 116 valence electrons. The molecule has 0 spiro atoms. The molecule has 0 saturated heterocycles.